The van der Waals surface area contributed by atoms with Crippen LogP contribution in [-0.2, 0) is 9.59 Å². The molecule has 0 aromatic carbocycles. The van der Waals surface area contributed by atoms with Crippen LogP contribution >= 0.6 is 12.6 Å². The molecule has 0 aliphatic carbocycles. The molecule has 0 bridgehead atoms. The Labute approximate surface area is 83.2 Å². The van der Waals surface area contributed by atoms with E-state index in [-0.39, 0.29) is 17.7 Å². The molecule has 0 radical (unpaired) electrons. The number of carbonyl (C=O) groups excluding carboxylic acids is 2. The molecule has 1 aliphatic rings. The van der Waals surface area contributed by atoms with Crippen molar-refractivity contribution in [2.24, 2.45) is 5.92 Å². The highest BCUT2D eigenvalue weighted by molar-refractivity contribution is 7.80. The molecule has 1 saturated heterocycles. The van der Waals surface area contributed by atoms with Crippen LogP contribution in [0.25, 0.3) is 0 Å². The van der Waals surface area contributed by atoms with Crippen LogP contribution in [0.2, 0.25) is 0 Å². The first-order chi connectivity index (χ1) is 6.06. The lowest BCUT2D eigenvalue weighted by Gasteiger charge is -2.14. The zero-order valence-electron chi connectivity index (χ0n) is 7.62. The van der Waals surface area contributed by atoms with Crippen molar-refractivity contribution in [2.45, 2.75) is 13.3 Å². The molecule has 72 valence electrons. The third kappa shape index (κ3) is 2.12. The van der Waals surface area contributed by atoms with Crippen LogP contribution < -0.4 is 0 Å². The third-order valence-corrected chi connectivity index (χ3v) is 2.52. The summed E-state index contributed by atoms with van der Waals surface area (Å²) in [6.45, 7) is 5.80. The van der Waals surface area contributed by atoms with Gasteiger partial charge in [0.1, 0.15) is 0 Å². The second-order valence-corrected chi connectivity index (χ2v) is 3.65. The van der Waals surface area contributed by atoms with Crippen molar-refractivity contribution in [3.8, 4) is 0 Å². The van der Waals surface area contributed by atoms with Gasteiger partial charge in [0, 0.05) is 18.1 Å². The fraction of sp³-hybridized carbons (Fsp3) is 0.556. The van der Waals surface area contributed by atoms with Gasteiger partial charge in [0.15, 0.2) is 0 Å². The summed E-state index contributed by atoms with van der Waals surface area (Å²) >= 11 is 4.02. The van der Waals surface area contributed by atoms with Crippen molar-refractivity contribution >= 4 is 24.4 Å². The second kappa shape index (κ2) is 3.96. The Balaban J connectivity index is 2.64. The Hall–Kier alpha value is -0.770. The molecule has 1 rings (SSSR count). The van der Waals surface area contributed by atoms with Gasteiger partial charge in [-0.05, 0) is 5.57 Å². The van der Waals surface area contributed by atoms with E-state index in [1.807, 2.05) is 0 Å². The largest absolute Gasteiger partial charge is 0.278 e. The molecular weight excluding hydrogens is 186 g/mol. The van der Waals surface area contributed by atoms with Gasteiger partial charge in [0.2, 0.25) is 11.8 Å². The van der Waals surface area contributed by atoms with E-state index >= 15 is 0 Å². The van der Waals surface area contributed by atoms with Crippen molar-refractivity contribution in [3.63, 3.8) is 0 Å². The number of thiol groups is 1. The topological polar surface area (TPSA) is 37.4 Å². The number of hydrogen-bond acceptors (Lipinski definition) is 3. The molecule has 0 spiro atoms. The molecular formula is C9H13NO2S. The Kier molecular flexibility index (Phi) is 3.14. The normalized spacial score (nSPS) is 22.6. The summed E-state index contributed by atoms with van der Waals surface area (Å²) < 4.78 is 0. The predicted molar refractivity (Wildman–Crippen MR) is 53.5 cm³/mol. The zero-order valence-corrected chi connectivity index (χ0v) is 8.51. The molecule has 1 aliphatic heterocycles. The maximum Gasteiger partial charge on any atom is 0.232 e. The Morgan fingerprint density at radius 1 is 1.69 bits per heavy atom. The van der Waals surface area contributed by atoms with Crippen molar-refractivity contribution < 1.29 is 9.59 Å². The number of amides is 2. The first kappa shape index (κ1) is 10.3. The molecule has 0 aromatic rings. The summed E-state index contributed by atoms with van der Waals surface area (Å²) in [5.41, 5.74) is 0.791. The van der Waals surface area contributed by atoms with E-state index in [9.17, 15) is 9.59 Å². The van der Waals surface area contributed by atoms with Gasteiger partial charge in [-0.3, -0.25) is 14.5 Å². The molecule has 1 atom stereocenters. The highest BCUT2D eigenvalue weighted by atomic mass is 32.1. The second-order valence-electron chi connectivity index (χ2n) is 3.33. The average Bonchev–Trinajstić information content (AvgIpc) is 2.32. The van der Waals surface area contributed by atoms with E-state index in [0.717, 1.165) is 5.57 Å². The summed E-state index contributed by atoms with van der Waals surface area (Å²) in [5, 5.41) is 0. The van der Waals surface area contributed by atoms with Crippen LogP contribution in [-0.4, -0.2) is 29.0 Å². The zero-order chi connectivity index (χ0) is 10.0. The molecule has 1 heterocycles. The minimum Gasteiger partial charge on any atom is -0.278 e. The Morgan fingerprint density at radius 2 is 2.31 bits per heavy atom. The van der Waals surface area contributed by atoms with Crippen LogP contribution in [0.4, 0.5) is 0 Å². The van der Waals surface area contributed by atoms with Crippen molar-refractivity contribution in [2.75, 3.05) is 12.3 Å². The average molecular weight is 199 g/mol. The Bertz CT molecular complexity index is 262. The van der Waals surface area contributed by atoms with Crippen LogP contribution in [0, 0.1) is 5.92 Å². The van der Waals surface area contributed by atoms with Crippen LogP contribution in [0.3, 0.4) is 0 Å². The lowest BCUT2D eigenvalue weighted by molar-refractivity contribution is -0.138. The smallest absolute Gasteiger partial charge is 0.232 e. The van der Waals surface area contributed by atoms with Crippen molar-refractivity contribution in [1.82, 2.24) is 4.90 Å². The van der Waals surface area contributed by atoms with Crippen molar-refractivity contribution in [1.29, 1.82) is 0 Å². The minimum absolute atomic E-state index is 0.0899. The summed E-state index contributed by atoms with van der Waals surface area (Å²) in [6, 6.07) is 0. The van der Waals surface area contributed by atoms with E-state index in [2.05, 4.69) is 19.2 Å². The highest BCUT2D eigenvalue weighted by Gasteiger charge is 2.35. The number of likely N-dealkylation sites (tertiary alicyclic amines) is 1. The van der Waals surface area contributed by atoms with Crippen LogP contribution in [0.15, 0.2) is 12.2 Å². The molecule has 4 heteroatoms. The maximum absolute atomic E-state index is 11.4. The predicted octanol–water partition coefficient (Wildman–Crippen LogP) is 0.867. The van der Waals surface area contributed by atoms with Crippen molar-refractivity contribution in [3.05, 3.63) is 12.2 Å². The summed E-state index contributed by atoms with van der Waals surface area (Å²) in [7, 11) is 0. The molecule has 13 heavy (non-hydrogen) atoms. The van der Waals surface area contributed by atoms with E-state index in [0.29, 0.717) is 18.7 Å². The maximum atomic E-state index is 11.4. The monoisotopic (exact) mass is 199 g/mol. The van der Waals surface area contributed by atoms with Gasteiger partial charge < -0.3 is 0 Å². The summed E-state index contributed by atoms with van der Waals surface area (Å²) in [5.74, 6) is 0.152. The first-order valence-electron chi connectivity index (χ1n) is 4.18. The molecule has 0 aromatic heterocycles. The Morgan fingerprint density at radius 3 is 2.69 bits per heavy atom. The fourth-order valence-electron chi connectivity index (χ4n) is 1.29. The standard InChI is InChI=1S/C9H13NO2S/c1-6(5-13)4-10-8(11)3-7(2)9(10)12/h7,13H,1,3-5H2,2H3. The van der Waals surface area contributed by atoms with E-state index in [1.165, 1.54) is 4.90 Å². The van der Waals surface area contributed by atoms with E-state index < -0.39 is 0 Å². The number of imide groups is 1. The lowest BCUT2D eigenvalue weighted by Crippen LogP contribution is -2.32. The number of rotatable bonds is 3. The number of hydrogen-bond donors (Lipinski definition) is 1. The van der Waals surface area contributed by atoms with Crippen LogP contribution in [0.1, 0.15) is 13.3 Å². The van der Waals surface area contributed by atoms with E-state index in [4.69, 9.17) is 0 Å². The van der Waals surface area contributed by atoms with Gasteiger partial charge in [0.25, 0.3) is 0 Å². The molecule has 2 amide bonds. The highest BCUT2D eigenvalue weighted by Crippen LogP contribution is 2.19. The van der Waals surface area contributed by atoms with Crippen LogP contribution in [0.5, 0.6) is 0 Å². The summed E-state index contributed by atoms with van der Waals surface area (Å²) in [6.07, 6.45) is 0.332. The third-order valence-electron chi connectivity index (χ3n) is 2.07. The summed E-state index contributed by atoms with van der Waals surface area (Å²) in [4.78, 5) is 24.0. The SMILES string of the molecule is C=C(CS)CN1C(=O)CC(C)C1=O. The van der Waals surface area contributed by atoms with Gasteiger partial charge in [-0.25, -0.2) is 0 Å². The van der Waals surface area contributed by atoms with Gasteiger partial charge in [-0.1, -0.05) is 13.5 Å². The van der Waals surface area contributed by atoms with Gasteiger partial charge in [-0.2, -0.15) is 12.6 Å². The lowest BCUT2D eigenvalue weighted by atomic mass is 10.1. The van der Waals surface area contributed by atoms with Gasteiger partial charge in [0.05, 0.1) is 6.54 Å². The molecule has 1 unspecified atom stereocenters. The molecule has 1 fully saturated rings. The fourth-order valence-corrected chi connectivity index (χ4v) is 1.39. The quantitative estimate of drug-likeness (QED) is 0.416. The molecule has 0 N–H and O–H groups in total. The van der Waals surface area contributed by atoms with Gasteiger partial charge >= 0.3 is 0 Å². The molecule has 0 saturated carbocycles. The number of carbonyl (C=O) groups is 2. The van der Waals surface area contributed by atoms with Gasteiger partial charge in [-0.15, -0.1) is 0 Å². The minimum atomic E-state index is -0.166. The first-order valence-corrected chi connectivity index (χ1v) is 4.81. The number of nitrogens with zero attached hydrogens (tertiary/aromatic N) is 1. The molecule has 3 nitrogen and oxygen atoms in total. The van der Waals surface area contributed by atoms with E-state index in [1.54, 1.807) is 6.92 Å².